The van der Waals surface area contributed by atoms with E-state index in [9.17, 15) is 0 Å². The lowest BCUT2D eigenvalue weighted by molar-refractivity contribution is 0.208. The van der Waals surface area contributed by atoms with Crippen molar-refractivity contribution in [2.45, 2.75) is 32.4 Å². The normalized spacial score (nSPS) is 19.4. The van der Waals surface area contributed by atoms with Gasteiger partial charge in [-0.1, -0.05) is 30.3 Å². The monoisotopic (exact) mass is 281 g/mol. The number of rotatable bonds is 4. The highest BCUT2D eigenvalue weighted by Gasteiger charge is 2.20. The van der Waals surface area contributed by atoms with Crippen LogP contribution in [-0.4, -0.2) is 29.0 Å². The molecule has 0 amide bonds. The third kappa shape index (κ3) is 3.82. The summed E-state index contributed by atoms with van der Waals surface area (Å²) in [4.78, 5) is 6.71. The number of likely N-dealkylation sites (tertiary alicyclic amines) is 1. The molecule has 0 radical (unpaired) electrons. The van der Waals surface area contributed by atoms with Gasteiger partial charge >= 0.3 is 0 Å². The van der Waals surface area contributed by atoms with Crippen molar-refractivity contribution in [1.82, 2.24) is 9.88 Å². The van der Waals surface area contributed by atoms with Crippen LogP contribution in [0.1, 0.15) is 24.0 Å². The summed E-state index contributed by atoms with van der Waals surface area (Å²) in [5, 5.41) is 3.68. The van der Waals surface area contributed by atoms with Gasteiger partial charge in [0.05, 0.1) is 0 Å². The fourth-order valence-electron chi connectivity index (χ4n) is 3.01. The average molecular weight is 281 g/mol. The van der Waals surface area contributed by atoms with Gasteiger partial charge in [-0.25, -0.2) is 0 Å². The smallest absolute Gasteiger partial charge is 0.0403 e. The molecule has 1 fully saturated rings. The van der Waals surface area contributed by atoms with Gasteiger partial charge in [0.2, 0.25) is 0 Å². The Balaban J connectivity index is 1.60. The number of aryl methyl sites for hydroxylation is 1. The van der Waals surface area contributed by atoms with Crippen LogP contribution in [-0.2, 0) is 6.54 Å². The van der Waals surface area contributed by atoms with Crippen molar-refractivity contribution in [2.24, 2.45) is 0 Å². The van der Waals surface area contributed by atoms with Crippen LogP contribution in [0.4, 0.5) is 5.69 Å². The minimum absolute atomic E-state index is 0.531. The number of piperidine rings is 1. The first-order chi connectivity index (χ1) is 10.3. The van der Waals surface area contributed by atoms with E-state index in [1.807, 2.05) is 12.4 Å². The van der Waals surface area contributed by atoms with Crippen molar-refractivity contribution in [3.8, 4) is 0 Å². The molecule has 0 spiro atoms. The third-order valence-corrected chi connectivity index (χ3v) is 4.13. The van der Waals surface area contributed by atoms with Gasteiger partial charge in [-0.05, 0) is 43.5 Å². The predicted molar refractivity (Wildman–Crippen MR) is 87.3 cm³/mol. The fourth-order valence-corrected chi connectivity index (χ4v) is 3.01. The van der Waals surface area contributed by atoms with Crippen LogP contribution in [0.15, 0.2) is 48.8 Å². The van der Waals surface area contributed by atoms with Crippen molar-refractivity contribution in [1.29, 1.82) is 0 Å². The van der Waals surface area contributed by atoms with E-state index in [0.29, 0.717) is 6.04 Å². The number of pyridine rings is 1. The van der Waals surface area contributed by atoms with Crippen LogP contribution < -0.4 is 5.32 Å². The molecule has 1 aliphatic rings. The van der Waals surface area contributed by atoms with E-state index in [1.54, 1.807) is 0 Å². The van der Waals surface area contributed by atoms with Crippen molar-refractivity contribution < 1.29 is 0 Å². The Morgan fingerprint density at radius 2 is 2.10 bits per heavy atom. The molecule has 1 N–H and O–H groups in total. The van der Waals surface area contributed by atoms with Gasteiger partial charge in [-0.15, -0.1) is 0 Å². The summed E-state index contributed by atoms with van der Waals surface area (Å²) in [7, 11) is 0. The molecule has 21 heavy (non-hydrogen) atoms. The Kier molecular flexibility index (Phi) is 4.51. The molecule has 1 unspecified atom stereocenters. The maximum Gasteiger partial charge on any atom is 0.0403 e. The van der Waals surface area contributed by atoms with Crippen molar-refractivity contribution >= 4 is 5.69 Å². The number of anilines is 1. The molecule has 1 aliphatic heterocycles. The van der Waals surface area contributed by atoms with E-state index in [2.05, 4.69) is 58.5 Å². The summed E-state index contributed by atoms with van der Waals surface area (Å²) >= 11 is 0. The average Bonchev–Trinajstić information content (AvgIpc) is 2.51. The lowest BCUT2D eigenvalue weighted by Gasteiger charge is -2.34. The standard InChI is InChI=1S/C18H23N3/c1-15-12-19-10-9-18(15)20-17-8-5-11-21(14-17)13-16-6-3-2-4-7-16/h2-4,6-7,9-10,12,17H,5,8,11,13-14H2,1H3,(H,19,20). The molecule has 0 saturated carbocycles. The maximum absolute atomic E-state index is 4.16. The van der Waals surface area contributed by atoms with E-state index in [-0.39, 0.29) is 0 Å². The Bertz CT molecular complexity index is 568. The van der Waals surface area contributed by atoms with Gasteiger partial charge < -0.3 is 5.32 Å². The molecule has 3 nitrogen and oxygen atoms in total. The summed E-state index contributed by atoms with van der Waals surface area (Å²) in [6.07, 6.45) is 6.29. The minimum Gasteiger partial charge on any atom is -0.381 e. The molecule has 1 aromatic carbocycles. The van der Waals surface area contributed by atoms with Crippen LogP contribution in [0, 0.1) is 6.92 Å². The number of hydrogen-bond acceptors (Lipinski definition) is 3. The highest BCUT2D eigenvalue weighted by atomic mass is 15.2. The lowest BCUT2D eigenvalue weighted by atomic mass is 10.0. The van der Waals surface area contributed by atoms with Crippen LogP contribution in [0.25, 0.3) is 0 Å². The van der Waals surface area contributed by atoms with E-state index >= 15 is 0 Å². The van der Waals surface area contributed by atoms with Gasteiger partial charge in [-0.3, -0.25) is 9.88 Å². The van der Waals surface area contributed by atoms with Crippen LogP contribution in [0.3, 0.4) is 0 Å². The number of nitrogens with one attached hydrogen (secondary N) is 1. The molecule has 1 aromatic heterocycles. The second-order valence-electron chi connectivity index (χ2n) is 5.89. The first-order valence-corrected chi connectivity index (χ1v) is 7.75. The van der Waals surface area contributed by atoms with Crippen LogP contribution in [0.2, 0.25) is 0 Å². The predicted octanol–water partition coefficient (Wildman–Crippen LogP) is 3.47. The van der Waals surface area contributed by atoms with Gasteiger partial charge in [0.25, 0.3) is 0 Å². The largest absolute Gasteiger partial charge is 0.381 e. The van der Waals surface area contributed by atoms with Crippen molar-refractivity contribution in [3.63, 3.8) is 0 Å². The zero-order valence-corrected chi connectivity index (χ0v) is 12.6. The van der Waals surface area contributed by atoms with Gasteiger partial charge in [0.1, 0.15) is 0 Å². The molecule has 3 rings (SSSR count). The Hall–Kier alpha value is -1.87. The molecule has 1 saturated heterocycles. The van der Waals surface area contributed by atoms with E-state index in [4.69, 9.17) is 0 Å². The maximum atomic E-state index is 4.16. The fraction of sp³-hybridized carbons (Fsp3) is 0.389. The topological polar surface area (TPSA) is 28.2 Å². The van der Waals surface area contributed by atoms with E-state index in [1.165, 1.54) is 36.2 Å². The Morgan fingerprint density at radius 3 is 2.90 bits per heavy atom. The summed E-state index contributed by atoms with van der Waals surface area (Å²) in [6.45, 7) is 5.47. The van der Waals surface area contributed by atoms with Gasteiger partial charge in [0, 0.05) is 37.2 Å². The van der Waals surface area contributed by atoms with Crippen molar-refractivity contribution in [3.05, 3.63) is 59.9 Å². The molecule has 0 aliphatic carbocycles. The first-order valence-electron chi connectivity index (χ1n) is 7.75. The van der Waals surface area contributed by atoms with Gasteiger partial charge in [-0.2, -0.15) is 0 Å². The molecule has 0 bridgehead atoms. The van der Waals surface area contributed by atoms with E-state index in [0.717, 1.165) is 13.1 Å². The summed E-state index contributed by atoms with van der Waals surface area (Å²) in [6, 6.07) is 13.4. The number of benzene rings is 1. The molecular weight excluding hydrogens is 258 g/mol. The first kappa shape index (κ1) is 14.1. The summed E-state index contributed by atoms with van der Waals surface area (Å²) in [5.41, 5.74) is 3.84. The van der Waals surface area contributed by atoms with Gasteiger partial charge in [0.15, 0.2) is 0 Å². The highest BCUT2D eigenvalue weighted by molar-refractivity contribution is 5.49. The molecule has 2 heterocycles. The number of aromatic nitrogens is 1. The summed E-state index contributed by atoms with van der Waals surface area (Å²) < 4.78 is 0. The zero-order valence-electron chi connectivity index (χ0n) is 12.6. The lowest BCUT2D eigenvalue weighted by Crippen LogP contribution is -2.41. The minimum atomic E-state index is 0.531. The second kappa shape index (κ2) is 6.72. The van der Waals surface area contributed by atoms with E-state index < -0.39 is 0 Å². The SMILES string of the molecule is Cc1cnccc1NC1CCCN(Cc2ccccc2)C1. The van der Waals surface area contributed by atoms with Crippen molar-refractivity contribution in [2.75, 3.05) is 18.4 Å². The third-order valence-electron chi connectivity index (χ3n) is 4.13. The van der Waals surface area contributed by atoms with Crippen LogP contribution in [0.5, 0.6) is 0 Å². The summed E-state index contributed by atoms with van der Waals surface area (Å²) in [5.74, 6) is 0. The molecule has 3 heteroatoms. The zero-order chi connectivity index (χ0) is 14.5. The Labute approximate surface area is 127 Å². The second-order valence-corrected chi connectivity index (χ2v) is 5.89. The molecule has 2 aromatic rings. The molecular formula is C18H23N3. The Morgan fingerprint density at radius 1 is 1.24 bits per heavy atom. The van der Waals surface area contributed by atoms with Crippen LogP contribution >= 0.6 is 0 Å². The highest BCUT2D eigenvalue weighted by Crippen LogP contribution is 2.19. The number of nitrogens with zero attached hydrogens (tertiary/aromatic N) is 2. The molecule has 1 atom stereocenters. The quantitative estimate of drug-likeness (QED) is 0.930. The number of hydrogen-bond donors (Lipinski definition) is 1. The molecule has 110 valence electrons.